The summed E-state index contributed by atoms with van der Waals surface area (Å²) in [5, 5.41) is 10.8. The largest absolute Gasteiger partial charge is 0.384 e. The van der Waals surface area contributed by atoms with E-state index in [1.54, 1.807) is 0 Å². The quantitative estimate of drug-likeness (QED) is 0.596. The first kappa shape index (κ1) is 22.2. The molecular formula is C27H28ClN3O. The lowest BCUT2D eigenvalue weighted by atomic mass is 9.68. The number of Topliss-reactive ketones (excluding diaryl/α,β-unsaturated/α-hetero) is 1. The zero-order valence-corrected chi connectivity index (χ0v) is 20.0. The molecule has 2 aromatic rings. The van der Waals surface area contributed by atoms with Gasteiger partial charge in [-0.1, -0.05) is 55.3 Å². The van der Waals surface area contributed by atoms with Gasteiger partial charge in [-0.15, -0.1) is 0 Å². The highest BCUT2D eigenvalue weighted by Crippen LogP contribution is 2.51. The summed E-state index contributed by atoms with van der Waals surface area (Å²) in [6.45, 7) is 10.2. The van der Waals surface area contributed by atoms with Gasteiger partial charge in [0, 0.05) is 22.7 Å². The molecule has 32 heavy (non-hydrogen) atoms. The van der Waals surface area contributed by atoms with Crippen molar-refractivity contribution in [2.45, 2.75) is 53.4 Å². The number of carbonyl (C=O) groups excluding carboxylic acids is 1. The van der Waals surface area contributed by atoms with Crippen molar-refractivity contribution >= 4 is 23.1 Å². The van der Waals surface area contributed by atoms with Crippen molar-refractivity contribution in [3.63, 3.8) is 0 Å². The second-order valence-electron chi connectivity index (χ2n) is 9.77. The molecule has 1 atom stereocenters. The van der Waals surface area contributed by atoms with Gasteiger partial charge < -0.3 is 5.73 Å². The number of hydrogen-bond acceptors (Lipinski definition) is 4. The van der Waals surface area contributed by atoms with E-state index >= 15 is 0 Å². The summed E-state index contributed by atoms with van der Waals surface area (Å²) >= 11 is 6.35. The van der Waals surface area contributed by atoms with Gasteiger partial charge in [0.15, 0.2) is 5.78 Å². The third-order valence-electron chi connectivity index (χ3n) is 6.54. The van der Waals surface area contributed by atoms with Crippen LogP contribution in [0.2, 0.25) is 5.02 Å². The Morgan fingerprint density at radius 2 is 1.78 bits per heavy atom. The van der Waals surface area contributed by atoms with E-state index in [1.165, 1.54) is 0 Å². The fraction of sp³-hybridized carbons (Fsp3) is 0.333. The highest BCUT2D eigenvalue weighted by atomic mass is 35.5. The molecule has 0 fully saturated rings. The van der Waals surface area contributed by atoms with E-state index in [0.29, 0.717) is 34.8 Å². The van der Waals surface area contributed by atoms with E-state index in [4.69, 9.17) is 17.3 Å². The molecule has 0 saturated carbocycles. The number of ketones is 1. The number of nitrogens with two attached hydrogens (primary N) is 1. The molecule has 0 aromatic heterocycles. The van der Waals surface area contributed by atoms with Crippen molar-refractivity contribution in [1.29, 1.82) is 5.26 Å². The van der Waals surface area contributed by atoms with Gasteiger partial charge in [0.05, 0.1) is 23.2 Å². The Balaban J connectivity index is 2.07. The Labute approximate surface area is 195 Å². The summed E-state index contributed by atoms with van der Waals surface area (Å²) in [6, 6.07) is 14.1. The number of nitrogens with zero attached hydrogens (tertiary/aromatic N) is 2. The Morgan fingerprint density at radius 3 is 2.47 bits per heavy atom. The first-order valence-electron chi connectivity index (χ1n) is 10.8. The van der Waals surface area contributed by atoms with Crippen molar-refractivity contribution < 1.29 is 4.79 Å². The summed E-state index contributed by atoms with van der Waals surface area (Å²) in [5.41, 5.74) is 13.4. The molecule has 164 valence electrons. The van der Waals surface area contributed by atoms with Gasteiger partial charge in [-0.05, 0) is 61.4 Å². The zero-order valence-electron chi connectivity index (χ0n) is 19.2. The van der Waals surface area contributed by atoms with Gasteiger partial charge in [-0.3, -0.25) is 9.69 Å². The summed E-state index contributed by atoms with van der Waals surface area (Å²) in [4.78, 5) is 15.5. The number of carbonyl (C=O) groups is 1. The summed E-state index contributed by atoms with van der Waals surface area (Å²) in [5.74, 6) is -0.0191. The molecule has 0 bridgehead atoms. The van der Waals surface area contributed by atoms with Crippen molar-refractivity contribution in [3.05, 3.63) is 86.3 Å². The molecule has 1 unspecified atom stereocenters. The van der Waals surface area contributed by atoms with Crippen LogP contribution < -0.4 is 10.6 Å². The standard InChI is InChI=1S/C27H28ClN3O/c1-15-6-7-16(2)19(10-15)24-20(14-29)26(30)31(21-11-18(28)9-8-17(21)3)22-12-27(4,5)13-23(32)25(22)24/h6-11,24H,12-13,30H2,1-5H3. The van der Waals surface area contributed by atoms with Crippen LogP contribution in [0.5, 0.6) is 0 Å². The number of aryl methyl sites for hydroxylation is 3. The van der Waals surface area contributed by atoms with E-state index < -0.39 is 5.92 Å². The van der Waals surface area contributed by atoms with Gasteiger partial charge in [0.2, 0.25) is 0 Å². The molecule has 2 aromatic carbocycles. The van der Waals surface area contributed by atoms with Gasteiger partial charge in [0.1, 0.15) is 5.82 Å². The van der Waals surface area contributed by atoms with Crippen molar-refractivity contribution in [2.75, 3.05) is 4.90 Å². The molecule has 0 spiro atoms. The smallest absolute Gasteiger partial charge is 0.162 e. The maximum atomic E-state index is 13.6. The molecule has 1 heterocycles. The number of halogens is 1. The van der Waals surface area contributed by atoms with E-state index in [-0.39, 0.29) is 11.2 Å². The minimum atomic E-state index is -0.464. The van der Waals surface area contributed by atoms with Crippen LogP contribution >= 0.6 is 11.6 Å². The van der Waals surface area contributed by atoms with Gasteiger partial charge in [-0.25, -0.2) is 0 Å². The molecule has 0 radical (unpaired) electrons. The maximum absolute atomic E-state index is 13.6. The van der Waals surface area contributed by atoms with Crippen LogP contribution in [0.3, 0.4) is 0 Å². The lowest BCUT2D eigenvalue weighted by molar-refractivity contribution is -0.118. The molecule has 4 nitrogen and oxygen atoms in total. The van der Waals surface area contributed by atoms with Crippen molar-refractivity contribution in [2.24, 2.45) is 11.1 Å². The topological polar surface area (TPSA) is 70.1 Å². The molecule has 0 amide bonds. The second-order valence-corrected chi connectivity index (χ2v) is 10.2. The van der Waals surface area contributed by atoms with Crippen LogP contribution in [0.1, 0.15) is 54.9 Å². The zero-order chi connectivity index (χ0) is 23.4. The van der Waals surface area contributed by atoms with E-state index in [1.807, 2.05) is 56.0 Å². The molecule has 4 rings (SSSR count). The minimum Gasteiger partial charge on any atom is -0.384 e. The Kier molecular flexibility index (Phi) is 5.43. The van der Waals surface area contributed by atoms with E-state index in [0.717, 1.165) is 33.6 Å². The second kappa shape index (κ2) is 7.83. The van der Waals surface area contributed by atoms with E-state index in [2.05, 4.69) is 26.0 Å². The number of benzene rings is 2. The molecule has 1 aliphatic carbocycles. The fourth-order valence-corrected chi connectivity index (χ4v) is 5.16. The van der Waals surface area contributed by atoms with E-state index in [9.17, 15) is 10.1 Å². The highest BCUT2D eigenvalue weighted by Gasteiger charge is 2.45. The number of hydrogen-bond donors (Lipinski definition) is 1. The SMILES string of the molecule is Cc1ccc(C)c(C2C(C#N)=C(N)N(c3cc(Cl)ccc3C)C3=C2C(=O)CC(C)(C)C3)c1. The number of allylic oxidation sites excluding steroid dienone is 3. The lowest BCUT2D eigenvalue weighted by Crippen LogP contribution is -2.42. The molecule has 2 N–H and O–H groups in total. The van der Waals surface area contributed by atoms with Crippen molar-refractivity contribution in [3.8, 4) is 6.07 Å². The van der Waals surface area contributed by atoms with Gasteiger partial charge in [0.25, 0.3) is 0 Å². The van der Waals surface area contributed by atoms with Crippen LogP contribution in [0.15, 0.2) is 59.1 Å². The fourth-order valence-electron chi connectivity index (χ4n) is 4.99. The number of rotatable bonds is 2. The third kappa shape index (κ3) is 3.61. The minimum absolute atomic E-state index is 0.0760. The molecule has 0 saturated heterocycles. The molecular weight excluding hydrogens is 418 g/mol. The first-order valence-corrected chi connectivity index (χ1v) is 11.2. The summed E-state index contributed by atoms with van der Waals surface area (Å²) < 4.78 is 0. The normalized spacial score (nSPS) is 20.3. The first-order chi connectivity index (χ1) is 15.0. The average Bonchev–Trinajstić information content (AvgIpc) is 2.70. The number of anilines is 1. The van der Waals surface area contributed by atoms with Gasteiger partial charge in [-0.2, -0.15) is 5.26 Å². The summed E-state index contributed by atoms with van der Waals surface area (Å²) in [7, 11) is 0. The predicted octanol–water partition coefficient (Wildman–Crippen LogP) is 6.21. The highest BCUT2D eigenvalue weighted by molar-refractivity contribution is 6.30. The Hall–Kier alpha value is -3.03. The van der Waals surface area contributed by atoms with Crippen LogP contribution in [-0.4, -0.2) is 5.78 Å². The van der Waals surface area contributed by atoms with Crippen LogP contribution in [-0.2, 0) is 4.79 Å². The van der Waals surface area contributed by atoms with Crippen LogP contribution in [0.4, 0.5) is 5.69 Å². The maximum Gasteiger partial charge on any atom is 0.162 e. The third-order valence-corrected chi connectivity index (χ3v) is 6.77. The summed E-state index contributed by atoms with van der Waals surface area (Å²) in [6.07, 6.45) is 1.12. The average molecular weight is 446 g/mol. The van der Waals surface area contributed by atoms with Crippen LogP contribution in [0, 0.1) is 37.5 Å². The Morgan fingerprint density at radius 1 is 1.09 bits per heavy atom. The lowest BCUT2D eigenvalue weighted by Gasteiger charge is -2.44. The molecule has 5 heteroatoms. The van der Waals surface area contributed by atoms with Gasteiger partial charge >= 0.3 is 0 Å². The monoisotopic (exact) mass is 445 g/mol. The molecule has 2 aliphatic rings. The number of nitriles is 1. The predicted molar refractivity (Wildman–Crippen MR) is 129 cm³/mol. The van der Waals surface area contributed by atoms with Crippen molar-refractivity contribution in [1.82, 2.24) is 0 Å². The Bertz CT molecular complexity index is 1250. The molecule has 1 aliphatic heterocycles. The van der Waals surface area contributed by atoms with Crippen LogP contribution in [0.25, 0.3) is 0 Å².